The van der Waals surface area contributed by atoms with Crippen LogP contribution < -0.4 is 0 Å². The van der Waals surface area contributed by atoms with Crippen LogP contribution in [0.4, 0.5) is 0 Å². The normalized spacial score (nSPS) is 12.4. The van der Waals surface area contributed by atoms with Gasteiger partial charge in [-0.15, -0.1) is 0 Å². The molecule has 0 fully saturated rings. The number of carbonyl (C=O) groups is 1. The van der Waals surface area contributed by atoms with Crippen LogP contribution in [0.15, 0.2) is 0 Å². The average molecular weight is 260 g/mol. The maximum absolute atomic E-state index is 11.4. The zero-order valence-electron chi connectivity index (χ0n) is 12.1. The summed E-state index contributed by atoms with van der Waals surface area (Å²) in [6.45, 7) is 8.84. The van der Waals surface area contributed by atoms with Crippen LogP contribution in [0.3, 0.4) is 0 Å². The van der Waals surface area contributed by atoms with Gasteiger partial charge in [-0.3, -0.25) is 4.79 Å². The molecule has 4 heteroatoms. The van der Waals surface area contributed by atoms with Crippen molar-refractivity contribution in [3.05, 3.63) is 0 Å². The molecule has 4 nitrogen and oxygen atoms in total. The molecular weight excluding hydrogens is 232 g/mol. The summed E-state index contributed by atoms with van der Waals surface area (Å²) >= 11 is 0. The number of rotatable bonds is 12. The summed E-state index contributed by atoms with van der Waals surface area (Å²) in [6, 6.07) is 0. The fourth-order valence-corrected chi connectivity index (χ4v) is 1.46. The maximum atomic E-state index is 11.4. The molecule has 18 heavy (non-hydrogen) atoms. The molecule has 0 aromatic rings. The Balaban J connectivity index is 3.22. The van der Waals surface area contributed by atoms with Gasteiger partial charge in [-0.25, -0.2) is 0 Å². The predicted octanol–water partition coefficient (Wildman–Crippen LogP) is 2.80. The molecular formula is C14H28O4. The summed E-state index contributed by atoms with van der Waals surface area (Å²) in [7, 11) is 0. The van der Waals surface area contributed by atoms with Crippen LogP contribution in [-0.4, -0.2) is 39.0 Å². The average Bonchev–Trinajstić information content (AvgIpc) is 2.36. The van der Waals surface area contributed by atoms with Crippen molar-refractivity contribution in [1.82, 2.24) is 0 Å². The lowest BCUT2D eigenvalue weighted by molar-refractivity contribution is -0.149. The highest BCUT2D eigenvalue weighted by Crippen LogP contribution is 2.06. The first-order valence-electron chi connectivity index (χ1n) is 7.04. The quantitative estimate of drug-likeness (QED) is 0.400. The molecule has 0 aliphatic carbocycles. The van der Waals surface area contributed by atoms with E-state index in [0.29, 0.717) is 26.4 Å². The third kappa shape index (κ3) is 10.5. The van der Waals surface area contributed by atoms with Gasteiger partial charge >= 0.3 is 5.97 Å². The molecule has 0 aromatic carbocycles. The predicted molar refractivity (Wildman–Crippen MR) is 71.6 cm³/mol. The monoisotopic (exact) mass is 260 g/mol. The highest BCUT2D eigenvalue weighted by Gasteiger charge is 2.12. The first kappa shape index (κ1) is 17.4. The fourth-order valence-electron chi connectivity index (χ4n) is 1.46. The lowest BCUT2D eigenvalue weighted by Crippen LogP contribution is -2.18. The number of unbranched alkanes of at least 4 members (excludes halogenated alkanes) is 1. The van der Waals surface area contributed by atoms with Gasteiger partial charge in [0.1, 0.15) is 6.61 Å². The lowest BCUT2D eigenvalue weighted by atomic mass is 10.1. The third-order valence-corrected chi connectivity index (χ3v) is 2.61. The minimum atomic E-state index is -0.125. The zero-order chi connectivity index (χ0) is 13.6. The van der Waals surface area contributed by atoms with E-state index in [-0.39, 0.29) is 11.9 Å². The van der Waals surface area contributed by atoms with Crippen molar-refractivity contribution >= 4 is 5.97 Å². The number of hydrogen-bond acceptors (Lipinski definition) is 4. The fraction of sp³-hybridized carbons (Fsp3) is 0.929. The molecule has 0 unspecified atom stereocenters. The van der Waals surface area contributed by atoms with Gasteiger partial charge in [-0.05, 0) is 12.8 Å². The van der Waals surface area contributed by atoms with Gasteiger partial charge in [0.05, 0.1) is 25.7 Å². The van der Waals surface area contributed by atoms with E-state index in [1.165, 1.54) is 0 Å². The molecule has 0 amide bonds. The van der Waals surface area contributed by atoms with Crippen molar-refractivity contribution in [2.75, 3.05) is 33.0 Å². The van der Waals surface area contributed by atoms with E-state index in [1.54, 1.807) is 0 Å². The molecule has 0 rings (SSSR count). The molecule has 0 saturated heterocycles. The summed E-state index contributed by atoms with van der Waals surface area (Å²) in [4.78, 5) is 11.4. The first-order valence-corrected chi connectivity index (χ1v) is 7.04. The van der Waals surface area contributed by atoms with Gasteiger partial charge < -0.3 is 14.2 Å². The SMILES string of the molecule is CCCCOCCOCCOC(=O)[C@H](C)CCC. The van der Waals surface area contributed by atoms with E-state index in [9.17, 15) is 4.79 Å². The van der Waals surface area contributed by atoms with Gasteiger partial charge in [-0.2, -0.15) is 0 Å². The van der Waals surface area contributed by atoms with Crippen LogP contribution in [0, 0.1) is 5.92 Å². The van der Waals surface area contributed by atoms with Gasteiger partial charge in [-0.1, -0.05) is 33.6 Å². The Labute approximate surface area is 111 Å². The summed E-state index contributed by atoms with van der Waals surface area (Å²) in [6.07, 6.45) is 4.12. The third-order valence-electron chi connectivity index (χ3n) is 2.61. The standard InChI is InChI=1S/C14H28O4/c1-4-6-8-16-9-10-17-11-12-18-14(15)13(3)7-5-2/h13H,4-12H2,1-3H3/t13-/m1/s1. The Kier molecular flexibility index (Phi) is 12.4. The minimum absolute atomic E-state index is 0.00706. The van der Waals surface area contributed by atoms with Gasteiger partial charge in [0.25, 0.3) is 0 Å². The molecule has 108 valence electrons. The molecule has 0 saturated carbocycles. The molecule has 0 spiro atoms. The molecule has 0 heterocycles. The van der Waals surface area contributed by atoms with E-state index >= 15 is 0 Å². The van der Waals surface area contributed by atoms with Crippen LogP contribution >= 0.6 is 0 Å². The minimum Gasteiger partial charge on any atom is -0.463 e. The van der Waals surface area contributed by atoms with Crippen molar-refractivity contribution in [3.63, 3.8) is 0 Å². The highest BCUT2D eigenvalue weighted by molar-refractivity contribution is 5.71. The van der Waals surface area contributed by atoms with Crippen LogP contribution in [0.2, 0.25) is 0 Å². The van der Waals surface area contributed by atoms with Crippen molar-refractivity contribution in [2.45, 2.75) is 46.5 Å². The first-order chi connectivity index (χ1) is 8.72. The van der Waals surface area contributed by atoms with E-state index in [4.69, 9.17) is 14.2 Å². The molecule has 0 N–H and O–H groups in total. The van der Waals surface area contributed by atoms with Crippen LogP contribution in [0.25, 0.3) is 0 Å². The molecule has 0 bridgehead atoms. The second-order valence-electron chi connectivity index (χ2n) is 4.44. The van der Waals surface area contributed by atoms with Gasteiger partial charge in [0.15, 0.2) is 0 Å². The number of ether oxygens (including phenoxy) is 3. The summed E-state index contributed by atoms with van der Waals surface area (Å²) in [5.74, 6) is -0.132. The Hall–Kier alpha value is -0.610. The number of carbonyl (C=O) groups excluding carboxylic acids is 1. The Morgan fingerprint density at radius 3 is 2.17 bits per heavy atom. The van der Waals surface area contributed by atoms with E-state index in [0.717, 1.165) is 32.3 Å². The van der Waals surface area contributed by atoms with Gasteiger partial charge in [0, 0.05) is 6.61 Å². The van der Waals surface area contributed by atoms with Crippen molar-refractivity contribution in [1.29, 1.82) is 0 Å². The molecule has 0 aliphatic heterocycles. The molecule has 0 aromatic heterocycles. The van der Waals surface area contributed by atoms with E-state index in [2.05, 4.69) is 13.8 Å². The Morgan fingerprint density at radius 1 is 0.944 bits per heavy atom. The van der Waals surface area contributed by atoms with Gasteiger partial charge in [0.2, 0.25) is 0 Å². The van der Waals surface area contributed by atoms with Crippen LogP contribution in [0.5, 0.6) is 0 Å². The van der Waals surface area contributed by atoms with E-state index < -0.39 is 0 Å². The zero-order valence-corrected chi connectivity index (χ0v) is 12.1. The Bertz CT molecular complexity index is 194. The van der Waals surface area contributed by atoms with E-state index in [1.807, 2.05) is 6.92 Å². The highest BCUT2D eigenvalue weighted by atomic mass is 16.6. The topological polar surface area (TPSA) is 44.8 Å². The van der Waals surface area contributed by atoms with Crippen molar-refractivity contribution in [2.24, 2.45) is 5.92 Å². The molecule has 0 radical (unpaired) electrons. The summed E-state index contributed by atoms with van der Waals surface area (Å²) in [5.41, 5.74) is 0. The number of hydrogen-bond donors (Lipinski definition) is 0. The largest absolute Gasteiger partial charge is 0.463 e. The lowest BCUT2D eigenvalue weighted by Gasteiger charge is -2.10. The molecule has 0 aliphatic rings. The Morgan fingerprint density at radius 2 is 1.56 bits per heavy atom. The second-order valence-corrected chi connectivity index (χ2v) is 4.44. The van der Waals surface area contributed by atoms with Crippen molar-refractivity contribution in [3.8, 4) is 0 Å². The smallest absolute Gasteiger partial charge is 0.308 e. The maximum Gasteiger partial charge on any atom is 0.308 e. The van der Waals surface area contributed by atoms with Crippen LogP contribution in [0.1, 0.15) is 46.5 Å². The second kappa shape index (κ2) is 12.8. The number of esters is 1. The molecule has 1 atom stereocenters. The van der Waals surface area contributed by atoms with Crippen LogP contribution in [-0.2, 0) is 19.0 Å². The summed E-state index contributed by atoms with van der Waals surface area (Å²) < 4.78 is 15.7. The van der Waals surface area contributed by atoms with Crippen molar-refractivity contribution < 1.29 is 19.0 Å². The summed E-state index contributed by atoms with van der Waals surface area (Å²) in [5, 5.41) is 0.